The highest BCUT2D eigenvalue weighted by Gasteiger charge is 2.18. The Morgan fingerprint density at radius 1 is 1.40 bits per heavy atom. The van der Waals surface area contributed by atoms with Crippen LogP contribution in [0.3, 0.4) is 0 Å². The van der Waals surface area contributed by atoms with E-state index in [0.29, 0.717) is 0 Å². The first-order chi connectivity index (χ1) is 6.88. The van der Waals surface area contributed by atoms with Crippen molar-refractivity contribution in [1.29, 1.82) is 0 Å². The first kappa shape index (κ1) is 13.6. The SMILES string of the molecule is C=C(C)C(=O)OC(C)OC(C)C(=O)NN. The molecule has 1 amide bonds. The maximum absolute atomic E-state index is 11.0. The molecule has 0 spiro atoms. The molecule has 0 saturated heterocycles. The van der Waals surface area contributed by atoms with Crippen LogP contribution in [0, 0.1) is 0 Å². The van der Waals surface area contributed by atoms with E-state index in [-0.39, 0.29) is 5.57 Å². The van der Waals surface area contributed by atoms with E-state index in [1.54, 1.807) is 0 Å². The van der Waals surface area contributed by atoms with Crippen molar-refractivity contribution in [2.24, 2.45) is 5.84 Å². The number of rotatable bonds is 5. The minimum absolute atomic E-state index is 0.265. The van der Waals surface area contributed by atoms with E-state index in [4.69, 9.17) is 15.3 Å². The molecule has 0 radical (unpaired) electrons. The van der Waals surface area contributed by atoms with Gasteiger partial charge in [-0.05, 0) is 20.8 Å². The zero-order chi connectivity index (χ0) is 12.0. The number of carbonyl (C=O) groups is 2. The van der Waals surface area contributed by atoms with Crippen LogP contribution in [0.2, 0.25) is 0 Å². The van der Waals surface area contributed by atoms with Gasteiger partial charge in [-0.25, -0.2) is 10.6 Å². The lowest BCUT2D eigenvalue weighted by Gasteiger charge is -2.18. The number of hydrogen-bond acceptors (Lipinski definition) is 5. The smallest absolute Gasteiger partial charge is 0.335 e. The fourth-order valence-corrected chi connectivity index (χ4v) is 0.746. The summed E-state index contributed by atoms with van der Waals surface area (Å²) in [7, 11) is 0. The van der Waals surface area contributed by atoms with Gasteiger partial charge in [-0.15, -0.1) is 0 Å². The molecule has 0 aliphatic heterocycles. The topological polar surface area (TPSA) is 90.6 Å². The molecule has 86 valence electrons. The first-order valence-corrected chi connectivity index (χ1v) is 4.41. The Morgan fingerprint density at radius 2 is 1.93 bits per heavy atom. The van der Waals surface area contributed by atoms with Crippen molar-refractivity contribution in [3.63, 3.8) is 0 Å². The van der Waals surface area contributed by atoms with Crippen LogP contribution in [0.15, 0.2) is 12.2 Å². The Hall–Kier alpha value is -1.40. The number of ether oxygens (including phenoxy) is 2. The zero-order valence-corrected chi connectivity index (χ0v) is 9.07. The molecule has 2 unspecified atom stereocenters. The predicted octanol–water partition coefficient (Wildman–Crippen LogP) is -0.153. The molecule has 0 bridgehead atoms. The number of hydrazine groups is 1. The molecule has 0 aromatic rings. The maximum atomic E-state index is 11.0. The Kier molecular flexibility index (Phi) is 5.58. The number of amides is 1. The minimum Gasteiger partial charge on any atom is -0.433 e. The van der Waals surface area contributed by atoms with E-state index >= 15 is 0 Å². The van der Waals surface area contributed by atoms with E-state index < -0.39 is 24.3 Å². The van der Waals surface area contributed by atoms with Crippen LogP contribution in [-0.2, 0) is 19.1 Å². The summed E-state index contributed by atoms with van der Waals surface area (Å²) in [6, 6.07) is 0. The Labute approximate surface area is 88.4 Å². The van der Waals surface area contributed by atoms with Crippen molar-refractivity contribution in [3.05, 3.63) is 12.2 Å². The van der Waals surface area contributed by atoms with Crippen LogP contribution in [0.1, 0.15) is 20.8 Å². The van der Waals surface area contributed by atoms with Gasteiger partial charge in [0.15, 0.2) is 0 Å². The lowest BCUT2D eigenvalue weighted by atomic mass is 10.4. The molecule has 0 fully saturated rings. The molecule has 0 aliphatic rings. The van der Waals surface area contributed by atoms with Crippen LogP contribution in [-0.4, -0.2) is 24.3 Å². The number of carbonyl (C=O) groups excluding carboxylic acids is 2. The summed E-state index contributed by atoms with van der Waals surface area (Å²) >= 11 is 0. The van der Waals surface area contributed by atoms with Gasteiger partial charge in [0.2, 0.25) is 6.29 Å². The zero-order valence-electron chi connectivity index (χ0n) is 9.07. The van der Waals surface area contributed by atoms with Crippen molar-refractivity contribution >= 4 is 11.9 Å². The Morgan fingerprint density at radius 3 is 2.33 bits per heavy atom. The maximum Gasteiger partial charge on any atom is 0.335 e. The molecule has 15 heavy (non-hydrogen) atoms. The molecule has 0 aromatic carbocycles. The van der Waals surface area contributed by atoms with E-state index in [0.717, 1.165) is 0 Å². The molecular formula is C9H16N2O4. The Bertz CT molecular complexity index is 265. The van der Waals surface area contributed by atoms with Crippen molar-refractivity contribution < 1.29 is 19.1 Å². The summed E-state index contributed by atoms with van der Waals surface area (Å²) in [6.07, 6.45) is -1.62. The van der Waals surface area contributed by atoms with Crippen LogP contribution >= 0.6 is 0 Å². The fourth-order valence-electron chi connectivity index (χ4n) is 0.746. The summed E-state index contributed by atoms with van der Waals surface area (Å²) in [5.41, 5.74) is 2.19. The number of nitrogens with one attached hydrogen (secondary N) is 1. The summed E-state index contributed by atoms with van der Waals surface area (Å²) in [4.78, 5) is 22.0. The van der Waals surface area contributed by atoms with Crippen LogP contribution < -0.4 is 11.3 Å². The average molecular weight is 216 g/mol. The standard InChI is InChI=1S/C9H16N2O4/c1-5(2)9(13)15-7(4)14-6(3)8(12)11-10/h6-7H,1,10H2,2-4H3,(H,11,12). The minimum atomic E-state index is -0.832. The normalized spacial score (nSPS) is 13.9. The third-order valence-corrected chi connectivity index (χ3v) is 1.53. The van der Waals surface area contributed by atoms with Crippen molar-refractivity contribution in [3.8, 4) is 0 Å². The summed E-state index contributed by atoms with van der Waals surface area (Å²) in [5, 5.41) is 0. The van der Waals surface area contributed by atoms with Gasteiger partial charge in [0.25, 0.3) is 5.91 Å². The van der Waals surface area contributed by atoms with Gasteiger partial charge in [0.05, 0.1) is 0 Å². The lowest BCUT2D eigenvalue weighted by molar-refractivity contribution is -0.182. The predicted molar refractivity (Wildman–Crippen MR) is 53.2 cm³/mol. The van der Waals surface area contributed by atoms with E-state index in [1.165, 1.54) is 20.8 Å². The van der Waals surface area contributed by atoms with Gasteiger partial charge in [-0.1, -0.05) is 6.58 Å². The molecular weight excluding hydrogens is 200 g/mol. The van der Waals surface area contributed by atoms with Crippen molar-refractivity contribution in [2.45, 2.75) is 33.2 Å². The molecule has 6 heteroatoms. The third kappa shape index (κ3) is 5.14. The van der Waals surface area contributed by atoms with Crippen LogP contribution in [0.25, 0.3) is 0 Å². The lowest BCUT2D eigenvalue weighted by Crippen LogP contribution is -2.40. The van der Waals surface area contributed by atoms with Crippen LogP contribution in [0.4, 0.5) is 0 Å². The summed E-state index contributed by atoms with van der Waals surface area (Å²) in [6.45, 7) is 7.92. The molecule has 0 aromatic heterocycles. The highest BCUT2D eigenvalue weighted by atomic mass is 16.7. The monoisotopic (exact) mass is 216 g/mol. The molecule has 6 nitrogen and oxygen atoms in total. The van der Waals surface area contributed by atoms with Gasteiger partial charge in [-0.3, -0.25) is 10.2 Å². The molecule has 0 saturated carbocycles. The van der Waals surface area contributed by atoms with Gasteiger partial charge in [0, 0.05) is 5.57 Å². The highest BCUT2D eigenvalue weighted by Crippen LogP contribution is 2.03. The average Bonchev–Trinajstić information content (AvgIpc) is 2.15. The fraction of sp³-hybridized carbons (Fsp3) is 0.556. The van der Waals surface area contributed by atoms with Gasteiger partial charge in [0.1, 0.15) is 6.10 Å². The number of hydrogen-bond donors (Lipinski definition) is 2. The summed E-state index contributed by atoms with van der Waals surface area (Å²) < 4.78 is 9.84. The van der Waals surface area contributed by atoms with E-state index in [2.05, 4.69) is 6.58 Å². The first-order valence-electron chi connectivity index (χ1n) is 4.41. The van der Waals surface area contributed by atoms with Gasteiger partial charge >= 0.3 is 5.97 Å². The largest absolute Gasteiger partial charge is 0.433 e. The second-order valence-corrected chi connectivity index (χ2v) is 3.04. The molecule has 2 atom stereocenters. The molecule has 3 N–H and O–H groups in total. The third-order valence-electron chi connectivity index (χ3n) is 1.53. The second-order valence-electron chi connectivity index (χ2n) is 3.04. The highest BCUT2D eigenvalue weighted by molar-refractivity contribution is 5.87. The number of esters is 1. The van der Waals surface area contributed by atoms with Crippen molar-refractivity contribution in [1.82, 2.24) is 5.43 Å². The molecule has 0 aliphatic carbocycles. The Balaban J connectivity index is 4.03. The van der Waals surface area contributed by atoms with Gasteiger partial charge < -0.3 is 9.47 Å². The molecule has 0 heterocycles. The van der Waals surface area contributed by atoms with E-state index in [9.17, 15) is 9.59 Å². The number of nitrogens with two attached hydrogens (primary N) is 1. The van der Waals surface area contributed by atoms with Gasteiger partial charge in [-0.2, -0.15) is 0 Å². The van der Waals surface area contributed by atoms with Crippen molar-refractivity contribution in [2.75, 3.05) is 0 Å². The van der Waals surface area contributed by atoms with Crippen LogP contribution in [0.5, 0.6) is 0 Å². The van der Waals surface area contributed by atoms with E-state index in [1.807, 2.05) is 5.43 Å². The molecule has 0 rings (SSSR count). The second kappa shape index (κ2) is 6.15. The summed E-state index contributed by atoms with van der Waals surface area (Å²) in [5.74, 6) is 3.84. The quantitative estimate of drug-likeness (QED) is 0.166.